The van der Waals surface area contributed by atoms with E-state index in [1.165, 1.54) is 0 Å². The quantitative estimate of drug-likeness (QED) is 0.755. The van der Waals surface area contributed by atoms with E-state index in [4.69, 9.17) is 11.6 Å². The number of hydrogen-bond donors (Lipinski definition) is 2. The molecule has 0 bridgehead atoms. The zero-order valence-electron chi connectivity index (χ0n) is 10.4. The summed E-state index contributed by atoms with van der Waals surface area (Å²) in [5.74, 6) is 0.0912. The van der Waals surface area contributed by atoms with Crippen molar-refractivity contribution in [2.75, 3.05) is 5.32 Å². The largest absolute Gasteiger partial charge is 0.390 e. The molecule has 0 fully saturated rings. The van der Waals surface area contributed by atoms with Gasteiger partial charge in [-0.05, 0) is 53.9 Å². The van der Waals surface area contributed by atoms with Crippen LogP contribution in [-0.2, 0) is 0 Å². The molecule has 2 N–H and O–H groups in total. The Bertz CT molecular complexity index is 473. The van der Waals surface area contributed by atoms with Gasteiger partial charge in [0.25, 0.3) is 0 Å². The second kappa shape index (κ2) is 4.15. The van der Waals surface area contributed by atoms with Gasteiger partial charge in [-0.15, -0.1) is 0 Å². The average Bonchev–Trinajstić information content (AvgIpc) is 2.26. The number of fused-ring (bicyclic) bond motifs is 1. The van der Waals surface area contributed by atoms with Crippen LogP contribution in [0.5, 0.6) is 0 Å². The Balaban J connectivity index is 2.65. The van der Waals surface area contributed by atoms with E-state index in [-0.39, 0.29) is 11.5 Å². The van der Waals surface area contributed by atoms with Gasteiger partial charge in [0.15, 0.2) is 0 Å². The fraction of sp³-hybridized carbons (Fsp3) is 0.538. The lowest BCUT2D eigenvalue weighted by atomic mass is 9.78. The van der Waals surface area contributed by atoms with E-state index >= 15 is 0 Å². The van der Waals surface area contributed by atoms with Crippen molar-refractivity contribution >= 4 is 33.2 Å². The first kappa shape index (κ1) is 13.2. The molecule has 2 nitrogen and oxygen atoms in total. The molecule has 17 heavy (non-hydrogen) atoms. The summed E-state index contributed by atoms with van der Waals surface area (Å²) >= 11 is 9.70. The summed E-state index contributed by atoms with van der Waals surface area (Å²) in [6.45, 7) is 8.06. The topological polar surface area (TPSA) is 32.3 Å². The number of nitrogens with one attached hydrogen (secondary N) is 1. The third kappa shape index (κ3) is 1.98. The number of hydrogen-bond acceptors (Lipinski definition) is 2. The van der Waals surface area contributed by atoms with Gasteiger partial charge in [0.1, 0.15) is 0 Å². The van der Waals surface area contributed by atoms with Gasteiger partial charge in [-0.25, -0.2) is 0 Å². The minimum absolute atomic E-state index is 0.0912. The highest BCUT2D eigenvalue weighted by atomic mass is 79.9. The summed E-state index contributed by atoms with van der Waals surface area (Å²) in [5.41, 5.74) is 2.86. The van der Waals surface area contributed by atoms with Crippen LogP contribution in [0.15, 0.2) is 10.5 Å². The molecule has 1 aliphatic heterocycles. The fourth-order valence-corrected chi connectivity index (χ4v) is 3.19. The van der Waals surface area contributed by atoms with Crippen molar-refractivity contribution in [1.29, 1.82) is 0 Å². The Morgan fingerprint density at radius 1 is 1.47 bits per heavy atom. The first-order chi connectivity index (χ1) is 7.75. The van der Waals surface area contributed by atoms with Crippen molar-refractivity contribution in [1.82, 2.24) is 0 Å². The van der Waals surface area contributed by atoms with Gasteiger partial charge in [0.2, 0.25) is 0 Å². The van der Waals surface area contributed by atoms with Crippen LogP contribution in [-0.4, -0.2) is 16.7 Å². The van der Waals surface area contributed by atoms with Crippen LogP contribution in [0, 0.1) is 6.92 Å². The zero-order valence-corrected chi connectivity index (χ0v) is 12.8. The van der Waals surface area contributed by atoms with Gasteiger partial charge in [-0.3, -0.25) is 0 Å². The SMILES string of the molecule is Cc1c(Cl)c(Br)cc2c1NC(C)(C)[C@H](O)[C@H]2C. The van der Waals surface area contributed by atoms with E-state index in [9.17, 15) is 5.11 Å². The minimum atomic E-state index is -0.414. The number of anilines is 1. The number of benzene rings is 1. The van der Waals surface area contributed by atoms with Crippen molar-refractivity contribution in [2.24, 2.45) is 0 Å². The van der Waals surface area contributed by atoms with Crippen LogP contribution >= 0.6 is 27.5 Å². The highest BCUT2D eigenvalue weighted by molar-refractivity contribution is 9.10. The normalized spacial score (nSPS) is 26.3. The monoisotopic (exact) mass is 317 g/mol. The molecule has 1 aliphatic rings. The van der Waals surface area contributed by atoms with Crippen LogP contribution in [0.25, 0.3) is 0 Å². The average molecular weight is 319 g/mol. The number of aliphatic hydroxyl groups is 1. The Hall–Kier alpha value is -0.250. The van der Waals surface area contributed by atoms with Gasteiger partial charge in [-0.1, -0.05) is 18.5 Å². The van der Waals surface area contributed by atoms with Crippen LogP contribution in [0.4, 0.5) is 5.69 Å². The molecule has 0 unspecified atom stereocenters. The maximum Gasteiger partial charge on any atom is 0.0830 e. The Morgan fingerprint density at radius 3 is 2.65 bits per heavy atom. The Labute approximate surface area is 115 Å². The molecule has 4 heteroatoms. The predicted molar refractivity (Wildman–Crippen MR) is 76.0 cm³/mol. The smallest absolute Gasteiger partial charge is 0.0830 e. The third-order valence-corrected chi connectivity index (χ3v) is 4.98. The Morgan fingerprint density at radius 2 is 2.06 bits per heavy atom. The molecule has 1 heterocycles. The lowest BCUT2D eigenvalue weighted by Gasteiger charge is -2.43. The van der Waals surface area contributed by atoms with Gasteiger partial charge in [0, 0.05) is 16.1 Å². The Kier molecular flexibility index (Phi) is 3.22. The molecule has 2 rings (SSSR count). The van der Waals surface area contributed by atoms with E-state index in [1.807, 2.05) is 33.8 Å². The summed E-state index contributed by atoms with van der Waals surface area (Å²) in [6.07, 6.45) is -0.414. The number of halogens is 2. The van der Waals surface area contributed by atoms with Gasteiger partial charge < -0.3 is 10.4 Å². The van der Waals surface area contributed by atoms with Crippen LogP contribution in [0.3, 0.4) is 0 Å². The predicted octanol–water partition coefficient (Wildman–Crippen LogP) is 4.08. The van der Waals surface area contributed by atoms with Gasteiger partial charge in [-0.2, -0.15) is 0 Å². The van der Waals surface area contributed by atoms with Crippen molar-refractivity contribution in [2.45, 2.75) is 45.3 Å². The maximum atomic E-state index is 10.3. The molecule has 0 saturated heterocycles. The second-order valence-electron chi connectivity index (χ2n) is 5.34. The van der Waals surface area contributed by atoms with Crippen molar-refractivity contribution in [3.63, 3.8) is 0 Å². The standard InChI is InChI=1S/C13H17BrClNO/c1-6-8-5-9(14)10(15)7(2)11(8)16-13(3,4)12(6)17/h5-6,12,16-17H,1-4H3/t6-,12+/m0/s1. The molecule has 94 valence electrons. The summed E-state index contributed by atoms with van der Waals surface area (Å²) < 4.78 is 0.885. The molecule has 0 aromatic heterocycles. The van der Waals surface area contributed by atoms with E-state index in [1.54, 1.807) is 0 Å². The molecule has 0 saturated carbocycles. The van der Waals surface area contributed by atoms with E-state index < -0.39 is 6.10 Å². The molecule has 0 amide bonds. The molecule has 1 aromatic carbocycles. The summed E-state index contributed by atoms with van der Waals surface area (Å²) in [7, 11) is 0. The first-order valence-electron chi connectivity index (χ1n) is 5.70. The van der Waals surface area contributed by atoms with E-state index in [0.29, 0.717) is 0 Å². The van der Waals surface area contributed by atoms with E-state index in [0.717, 1.165) is 26.3 Å². The highest BCUT2D eigenvalue weighted by Crippen LogP contribution is 2.44. The van der Waals surface area contributed by atoms with E-state index in [2.05, 4.69) is 21.2 Å². The molecule has 2 atom stereocenters. The maximum absolute atomic E-state index is 10.3. The first-order valence-corrected chi connectivity index (χ1v) is 6.87. The van der Waals surface area contributed by atoms with Crippen molar-refractivity contribution in [3.05, 3.63) is 26.7 Å². The fourth-order valence-electron chi connectivity index (χ4n) is 2.49. The summed E-state index contributed by atoms with van der Waals surface area (Å²) in [4.78, 5) is 0. The number of aliphatic hydroxyl groups excluding tert-OH is 1. The van der Waals surface area contributed by atoms with Crippen LogP contribution in [0.1, 0.15) is 37.8 Å². The molecule has 0 aliphatic carbocycles. The zero-order chi connectivity index (χ0) is 13.0. The van der Waals surface area contributed by atoms with Crippen molar-refractivity contribution < 1.29 is 5.11 Å². The molecule has 1 aromatic rings. The minimum Gasteiger partial charge on any atom is -0.390 e. The molecular weight excluding hydrogens is 302 g/mol. The second-order valence-corrected chi connectivity index (χ2v) is 6.57. The lowest BCUT2D eigenvalue weighted by molar-refractivity contribution is 0.0868. The molecule has 0 spiro atoms. The lowest BCUT2D eigenvalue weighted by Crippen LogP contribution is -2.50. The van der Waals surface area contributed by atoms with Crippen LogP contribution < -0.4 is 5.32 Å². The summed E-state index contributed by atoms with van der Waals surface area (Å²) in [5, 5.41) is 14.4. The van der Waals surface area contributed by atoms with Crippen LogP contribution in [0.2, 0.25) is 5.02 Å². The summed E-state index contributed by atoms with van der Waals surface area (Å²) in [6, 6.07) is 2.00. The third-order valence-electron chi connectivity index (χ3n) is 3.64. The number of rotatable bonds is 0. The highest BCUT2D eigenvalue weighted by Gasteiger charge is 2.39. The molecular formula is C13H17BrClNO. The molecule has 0 radical (unpaired) electrons. The van der Waals surface area contributed by atoms with Gasteiger partial charge in [0.05, 0.1) is 16.7 Å². The van der Waals surface area contributed by atoms with Gasteiger partial charge >= 0.3 is 0 Å². The van der Waals surface area contributed by atoms with Crippen molar-refractivity contribution in [3.8, 4) is 0 Å².